The van der Waals surface area contributed by atoms with E-state index >= 15 is 0 Å². The van der Waals surface area contributed by atoms with Crippen molar-refractivity contribution in [3.8, 4) is 11.5 Å². The Morgan fingerprint density at radius 3 is 2.67 bits per heavy atom. The van der Waals surface area contributed by atoms with Gasteiger partial charge in [0.15, 0.2) is 11.6 Å². The lowest BCUT2D eigenvalue weighted by Crippen LogP contribution is -2.22. The molecule has 1 atom stereocenters. The van der Waals surface area contributed by atoms with Gasteiger partial charge in [-0.15, -0.1) is 0 Å². The van der Waals surface area contributed by atoms with Gasteiger partial charge in [-0.1, -0.05) is 24.3 Å². The SMILES string of the molecule is COc1cc(OC(=O)CCC2COC(C)(C)O2)cc2c1C(=O)c1ccccc1CC2. The first-order valence-electron chi connectivity index (χ1n) is 10.2. The summed E-state index contributed by atoms with van der Waals surface area (Å²) < 4.78 is 22.3. The molecule has 1 unspecified atom stereocenters. The van der Waals surface area contributed by atoms with Crippen LogP contribution >= 0.6 is 0 Å². The first kappa shape index (κ1) is 20.6. The van der Waals surface area contributed by atoms with Crippen molar-refractivity contribution in [3.05, 3.63) is 58.7 Å². The third kappa shape index (κ3) is 4.25. The second-order valence-corrected chi connectivity index (χ2v) is 8.11. The van der Waals surface area contributed by atoms with E-state index in [-0.39, 0.29) is 24.3 Å². The fourth-order valence-electron chi connectivity index (χ4n) is 4.05. The highest BCUT2D eigenvalue weighted by Crippen LogP contribution is 2.35. The molecule has 1 heterocycles. The summed E-state index contributed by atoms with van der Waals surface area (Å²) in [6, 6.07) is 11.0. The second kappa shape index (κ2) is 8.20. The molecule has 0 radical (unpaired) electrons. The number of benzene rings is 2. The number of hydrogen-bond donors (Lipinski definition) is 0. The van der Waals surface area contributed by atoms with Crippen LogP contribution in [-0.2, 0) is 27.1 Å². The Kier molecular flexibility index (Phi) is 5.62. The molecular weight excluding hydrogens is 384 g/mol. The van der Waals surface area contributed by atoms with Gasteiger partial charge in [0.05, 0.1) is 25.4 Å². The monoisotopic (exact) mass is 410 g/mol. The van der Waals surface area contributed by atoms with Crippen LogP contribution in [-0.4, -0.2) is 37.4 Å². The van der Waals surface area contributed by atoms with Gasteiger partial charge in [0.25, 0.3) is 0 Å². The predicted molar refractivity (Wildman–Crippen MR) is 110 cm³/mol. The molecule has 1 aliphatic heterocycles. The van der Waals surface area contributed by atoms with Crippen LogP contribution in [0.25, 0.3) is 0 Å². The molecule has 0 amide bonds. The first-order chi connectivity index (χ1) is 14.4. The molecule has 1 aliphatic carbocycles. The maximum absolute atomic E-state index is 13.1. The van der Waals surface area contributed by atoms with Crippen molar-refractivity contribution in [2.45, 2.75) is 51.4 Å². The minimum absolute atomic E-state index is 0.0613. The molecule has 0 bridgehead atoms. The average Bonchev–Trinajstić information content (AvgIpc) is 3.01. The van der Waals surface area contributed by atoms with Gasteiger partial charge in [-0.25, -0.2) is 0 Å². The maximum Gasteiger partial charge on any atom is 0.311 e. The number of carbonyl (C=O) groups excluding carboxylic acids is 2. The molecular formula is C24H26O6. The van der Waals surface area contributed by atoms with Gasteiger partial charge in [0, 0.05) is 18.1 Å². The van der Waals surface area contributed by atoms with Crippen LogP contribution < -0.4 is 9.47 Å². The smallest absolute Gasteiger partial charge is 0.311 e. The van der Waals surface area contributed by atoms with E-state index in [1.165, 1.54) is 7.11 Å². The standard InChI is InChI=1S/C24H26O6/c1-24(2)28-14-17(30-24)10-11-21(25)29-18-12-16-9-8-15-6-4-5-7-19(15)23(26)22(16)20(13-18)27-3/h4-7,12-13,17H,8-11,14H2,1-3H3. The van der Waals surface area contributed by atoms with Gasteiger partial charge in [0.2, 0.25) is 0 Å². The predicted octanol–water partition coefficient (Wildman–Crippen LogP) is 3.86. The van der Waals surface area contributed by atoms with E-state index in [0.717, 1.165) is 17.5 Å². The summed E-state index contributed by atoms with van der Waals surface area (Å²) in [7, 11) is 1.52. The minimum atomic E-state index is -0.608. The van der Waals surface area contributed by atoms with Crippen molar-refractivity contribution in [1.82, 2.24) is 0 Å². The fraction of sp³-hybridized carbons (Fsp3) is 0.417. The minimum Gasteiger partial charge on any atom is -0.496 e. The maximum atomic E-state index is 13.1. The highest BCUT2D eigenvalue weighted by atomic mass is 16.7. The molecule has 0 N–H and O–H groups in total. The Morgan fingerprint density at radius 1 is 1.17 bits per heavy atom. The third-order valence-corrected chi connectivity index (χ3v) is 5.50. The molecule has 0 saturated carbocycles. The number of rotatable bonds is 5. The Labute approximate surface area is 176 Å². The lowest BCUT2D eigenvalue weighted by atomic mass is 9.97. The van der Waals surface area contributed by atoms with Crippen LogP contribution in [0.1, 0.15) is 53.7 Å². The Hall–Kier alpha value is -2.70. The molecule has 0 aromatic heterocycles. The molecule has 0 spiro atoms. The van der Waals surface area contributed by atoms with Crippen LogP contribution in [0.2, 0.25) is 0 Å². The molecule has 1 saturated heterocycles. The molecule has 158 valence electrons. The summed E-state index contributed by atoms with van der Waals surface area (Å²) >= 11 is 0. The third-order valence-electron chi connectivity index (χ3n) is 5.50. The van der Waals surface area contributed by atoms with E-state index in [2.05, 4.69) is 0 Å². The van der Waals surface area contributed by atoms with Crippen LogP contribution in [0.3, 0.4) is 0 Å². The number of hydrogen-bond acceptors (Lipinski definition) is 6. The Balaban J connectivity index is 1.50. The van der Waals surface area contributed by atoms with Crippen molar-refractivity contribution >= 4 is 11.8 Å². The number of ketones is 1. The quantitative estimate of drug-likeness (QED) is 0.551. The highest BCUT2D eigenvalue weighted by molar-refractivity contribution is 6.13. The van der Waals surface area contributed by atoms with Crippen molar-refractivity contribution < 1.29 is 28.5 Å². The molecule has 1 fully saturated rings. The zero-order valence-electron chi connectivity index (χ0n) is 17.5. The number of ether oxygens (including phenoxy) is 4. The van der Waals surface area contributed by atoms with E-state index in [1.54, 1.807) is 12.1 Å². The van der Waals surface area contributed by atoms with Crippen molar-refractivity contribution in [1.29, 1.82) is 0 Å². The van der Waals surface area contributed by atoms with Crippen LogP contribution in [0, 0.1) is 0 Å². The van der Waals surface area contributed by atoms with Gasteiger partial charge >= 0.3 is 5.97 Å². The molecule has 4 rings (SSSR count). The number of fused-ring (bicyclic) bond motifs is 2. The fourth-order valence-corrected chi connectivity index (χ4v) is 4.05. The van der Waals surface area contributed by atoms with Crippen molar-refractivity contribution in [3.63, 3.8) is 0 Å². The number of methoxy groups -OCH3 is 1. The topological polar surface area (TPSA) is 71.1 Å². The Morgan fingerprint density at radius 2 is 1.93 bits per heavy atom. The average molecular weight is 410 g/mol. The normalized spacial score (nSPS) is 19.6. The number of aryl methyl sites for hydroxylation is 2. The zero-order chi connectivity index (χ0) is 21.3. The van der Waals surface area contributed by atoms with E-state index in [9.17, 15) is 9.59 Å². The molecule has 2 aromatic carbocycles. The number of esters is 1. The van der Waals surface area contributed by atoms with E-state index in [4.69, 9.17) is 18.9 Å². The molecule has 30 heavy (non-hydrogen) atoms. The second-order valence-electron chi connectivity index (χ2n) is 8.11. The summed E-state index contributed by atoms with van der Waals surface area (Å²) in [5, 5.41) is 0. The van der Waals surface area contributed by atoms with Crippen LogP contribution in [0.5, 0.6) is 11.5 Å². The summed E-state index contributed by atoms with van der Waals surface area (Å²) in [5.41, 5.74) is 3.08. The zero-order valence-corrected chi connectivity index (χ0v) is 17.5. The summed E-state index contributed by atoms with van der Waals surface area (Å²) in [6.07, 6.45) is 2.03. The lowest BCUT2D eigenvalue weighted by Gasteiger charge is -2.17. The largest absolute Gasteiger partial charge is 0.496 e. The Bertz CT molecular complexity index is 978. The van der Waals surface area contributed by atoms with Gasteiger partial charge < -0.3 is 18.9 Å². The highest BCUT2D eigenvalue weighted by Gasteiger charge is 2.33. The molecule has 6 heteroatoms. The van der Waals surface area contributed by atoms with E-state index in [1.807, 2.05) is 38.1 Å². The summed E-state index contributed by atoms with van der Waals surface area (Å²) in [6.45, 7) is 4.18. The van der Waals surface area contributed by atoms with Gasteiger partial charge in [0.1, 0.15) is 11.5 Å². The first-order valence-corrected chi connectivity index (χ1v) is 10.2. The molecule has 6 nitrogen and oxygen atoms in total. The summed E-state index contributed by atoms with van der Waals surface area (Å²) in [4.78, 5) is 25.5. The van der Waals surface area contributed by atoms with E-state index in [0.29, 0.717) is 42.1 Å². The lowest BCUT2D eigenvalue weighted by molar-refractivity contribution is -0.143. The molecule has 2 aliphatic rings. The van der Waals surface area contributed by atoms with Crippen molar-refractivity contribution in [2.75, 3.05) is 13.7 Å². The van der Waals surface area contributed by atoms with Gasteiger partial charge in [-0.2, -0.15) is 0 Å². The van der Waals surface area contributed by atoms with E-state index < -0.39 is 5.79 Å². The number of carbonyl (C=O) groups is 2. The van der Waals surface area contributed by atoms with Crippen LogP contribution in [0.15, 0.2) is 36.4 Å². The van der Waals surface area contributed by atoms with Gasteiger partial charge in [-0.05, 0) is 50.3 Å². The van der Waals surface area contributed by atoms with Gasteiger partial charge in [-0.3, -0.25) is 9.59 Å². The van der Waals surface area contributed by atoms with Crippen LogP contribution in [0.4, 0.5) is 0 Å². The molecule has 2 aromatic rings. The van der Waals surface area contributed by atoms with Crippen molar-refractivity contribution in [2.24, 2.45) is 0 Å². The summed E-state index contributed by atoms with van der Waals surface area (Å²) in [5.74, 6) is -0.213.